The first-order valence-corrected chi connectivity index (χ1v) is 7.15. The molecule has 0 aliphatic carbocycles. The molecule has 0 aliphatic rings. The van der Waals surface area contributed by atoms with Crippen LogP contribution in [0.1, 0.15) is 40.4 Å². The summed E-state index contributed by atoms with van der Waals surface area (Å²) in [6.07, 6.45) is 2.29. The minimum Gasteiger partial charge on any atom is -0.379 e. The summed E-state index contributed by atoms with van der Waals surface area (Å²) in [7, 11) is 1.72. The third-order valence-corrected chi connectivity index (χ3v) is 3.32. The van der Waals surface area contributed by atoms with Crippen molar-refractivity contribution in [3.8, 4) is 0 Å². The number of methoxy groups -OCH3 is 1. The van der Waals surface area contributed by atoms with Crippen LogP contribution >= 0.6 is 0 Å². The SMILES string of the molecule is COC(C(Cc1ncnn1CC(C)C)NN)C(C)(C)C. The standard InChI is InChI=1S/C14H29N5O/c1-10(2)8-19-12(16-9-17-19)7-11(18-15)13(20-6)14(3,4)5/h9-11,13,18H,7-8,15H2,1-6H3. The van der Waals surface area contributed by atoms with Crippen LogP contribution in [0, 0.1) is 11.3 Å². The molecule has 2 atom stereocenters. The minimum absolute atomic E-state index is 0.00306. The Balaban J connectivity index is 2.85. The highest BCUT2D eigenvalue weighted by molar-refractivity contribution is 4.95. The fourth-order valence-electron chi connectivity index (χ4n) is 2.52. The molecule has 0 saturated carbocycles. The predicted molar refractivity (Wildman–Crippen MR) is 79.9 cm³/mol. The van der Waals surface area contributed by atoms with Gasteiger partial charge in [0.15, 0.2) is 0 Å². The zero-order valence-electron chi connectivity index (χ0n) is 13.6. The second kappa shape index (κ2) is 7.15. The minimum atomic E-state index is -0.00527. The number of nitrogens with one attached hydrogen (secondary N) is 1. The van der Waals surface area contributed by atoms with Crippen LogP contribution in [-0.2, 0) is 17.7 Å². The normalized spacial score (nSPS) is 15.6. The number of aromatic nitrogens is 3. The number of hydrogen-bond acceptors (Lipinski definition) is 5. The Morgan fingerprint density at radius 3 is 2.50 bits per heavy atom. The Hall–Kier alpha value is -0.980. The summed E-state index contributed by atoms with van der Waals surface area (Å²) in [5, 5.41) is 4.29. The van der Waals surface area contributed by atoms with Crippen molar-refractivity contribution in [2.45, 2.75) is 59.7 Å². The summed E-state index contributed by atoms with van der Waals surface area (Å²) in [5.74, 6) is 7.19. The number of hydrazine groups is 1. The van der Waals surface area contributed by atoms with Gasteiger partial charge in [0.25, 0.3) is 0 Å². The van der Waals surface area contributed by atoms with Gasteiger partial charge >= 0.3 is 0 Å². The lowest BCUT2D eigenvalue weighted by Crippen LogP contribution is -2.52. The van der Waals surface area contributed by atoms with Gasteiger partial charge in [-0.3, -0.25) is 11.3 Å². The Labute approximate surface area is 122 Å². The molecule has 0 radical (unpaired) electrons. The maximum Gasteiger partial charge on any atom is 0.138 e. The van der Waals surface area contributed by atoms with Crippen molar-refractivity contribution in [3.05, 3.63) is 12.2 Å². The van der Waals surface area contributed by atoms with Gasteiger partial charge in [-0.25, -0.2) is 9.67 Å². The van der Waals surface area contributed by atoms with E-state index in [4.69, 9.17) is 10.6 Å². The number of hydrogen-bond donors (Lipinski definition) is 2. The maximum absolute atomic E-state index is 5.73. The van der Waals surface area contributed by atoms with E-state index >= 15 is 0 Å². The molecule has 3 N–H and O–H groups in total. The molecule has 1 heterocycles. The third-order valence-electron chi connectivity index (χ3n) is 3.32. The largest absolute Gasteiger partial charge is 0.379 e. The van der Waals surface area contributed by atoms with Gasteiger partial charge in [0, 0.05) is 20.1 Å². The van der Waals surface area contributed by atoms with Crippen molar-refractivity contribution in [2.24, 2.45) is 17.2 Å². The third kappa shape index (κ3) is 4.54. The first-order valence-electron chi connectivity index (χ1n) is 7.15. The first kappa shape index (κ1) is 17.1. The van der Waals surface area contributed by atoms with Crippen molar-refractivity contribution in [1.29, 1.82) is 0 Å². The van der Waals surface area contributed by atoms with Crippen molar-refractivity contribution in [3.63, 3.8) is 0 Å². The lowest BCUT2D eigenvalue weighted by molar-refractivity contribution is -0.0117. The molecule has 6 heteroatoms. The van der Waals surface area contributed by atoms with Crippen LogP contribution in [-0.4, -0.2) is 34.0 Å². The molecule has 0 aromatic carbocycles. The van der Waals surface area contributed by atoms with E-state index in [0.717, 1.165) is 12.4 Å². The van der Waals surface area contributed by atoms with E-state index in [1.165, 1.54) is 0 Å². The summed E-state index contributed by atoms with van der Waals surface area (Å²) < 4.78 is 7.59. The van der Waals surface area contributed by atoms with Crippen molar-refractivity contribution < 1.29 is 4.74 Å². The number of ether oxygens (including phenoxy) is 1. The Morgan fingerprint density at radius 2 is 2.05 bits per heavy atom. The number of nitrogens with zero attached hydrogens (tertiary/aromatic N) is 3. The Bertz CT molecular complexity index is 397. The van der Waals surface area contributed by atoms with Crippen molar-refractivity contribution >= 4 is 0 Å². The molecule has 1 aromatic heterocycles. The van der Waals surface area contributed by atoms with E-state index in [1.807, 2.05) is 4.68 Å². The van der Waals surface area contributed by atoms with Crippen LogP contribution < -0.4 is 11.3 Å². The molecule has 0 amide bonds. The van der Waals surface area contributed by atoms with Crippen LogP contribution in [0.4, 0.5) is 0 Å². The lowest BCUT2D eigenvalue weighted by atomic mass is 9.83. The molecule has 0 aliphatic heterocycles. The summed E-state index contributed by atoms with van der Waals surface area (Å²) in [6, 6.07) is -0.00453. The second-order valence-corrected chi connectivity index (χ2v) is 6.75. The highest BCUT2D eigenvalue weighted by Crippen LogP contribution is 2.25. The Kier molecular flexibility index (Phi) is 6.10. The predicted octanol–water partition coefficient (Wildman–Crippen LogP) is 1.37. The topological polar surface area (TPSA) is 78.0 Å². The summed E-state index contributed by atoms with van der Waals surface area (Å²) in [6.45, 7) is 11.6. The Morgan fingerprint density at radius 1 is 1.40 bits per heavy atom. The van der Waals surface area contributed by atoms with Gasteiger partial charge in [0.2, 0.25) is 0 Å². The zero-order chi connectivity index (χ0) is 15.3. The molecule has 0 saturated heterocycles. The number of rotatable bonds is 7. The summed E-state index contributed by atoms with van der Waals surface area (Å²) in [4.78, 5) is 4.36. The van der Waals surface area contributed by atoms with Crippen molar-refractivity contribution in [1.82, 2.24) is 20.2 Å². The van der Waals surface area contributed by atoms with Crippen LogP contribution in [0.2, 0.25) is 0 Å². The first-order chi connectivity index (χ1) is 9.29. The van der Waals surface area contributed by atoms with Crippen LogP contribution in [0.3, 0.4) is 0 Å². The molecule has 0 bridgehead atoms. The molecule has 0 spiro atoms. The molecule has 1 rings (SSSR count). The molecule has 20 heavy (non-hydrogen) atoms. The fraction of sp³-hybridized carbons (Fsp3) is 0.857. The van der Waals surface area contributed by atoms with E-state index in [1.54, 1.807) is 13.4 Å². The maximum atomic E-state index is 5.73. The summed E-state index contributed by atoms with van der Waals surface area (Å²) >= 11 is 0. The summed E-state index contributed by atoms with van der Waals surface area (Å²) in [5.41, 5.74) is 2.87. The van der Waals surface area contributed by atoms with Gasteiger partial charge in [-0.05, 0) is 11.3 Å². The smallest absolute Gasteiger partial charge is 0.138 e. The highest BCUT2D eigenvalue weighted by atomic mass is 16.5. The number of nitrogens with two attached hydrogens (primary N) is 1. The zero-order valence-corrected chi connectivity index (χ0v) is 13.6. The van der Waals surface area contributed by atoms with E-state index in [-0.39, 0.29) is 17.6 Å². The van der Waals surface area contributed by atoms with Gasteiger partial charge in [-0.2, -0.15) is 5.10 Å². The van der Waals surface area contributed by atoms with Gasteiger partial charge in [-0.1, -0.05) is 34.6 Å². The van der Waals surface area contributed by atoms with E-state index in [9.17, 15) is 0 Å². The van der Waals surface area contributed by atoms with Gasteiger partial charge in [0.05, 0.1) is 12.1 Å². The molecular weight excluding hydrogens is 254 g/mol. The molecule has 0 fully saturated rings. The molecule has 2 unspecified atom stereocenters. The average molecular weight is 283 g/mol. The van der Waals surface area contributed by atoms with Crippen LogP contribution in [0.15, 0.2) is 6.33 Å². The molecule has 6 nitrogen and oxygen atoms in total. The lowest BCUT2D eigenvalue weighted by Gasteiger charge is -2.35. The van der Waals surface area contributed by atoms with E-state index in [2.05, 4.69) is 50.1 Å². The van der Waals surface area contributed by atoms with Crippen molar-refractivity contribution in [2.75, 3.05) is 7.11 Å². The fourth-order valence-corrected chi connectivity index (χ4v) is 2.52. The molecule has 1 aromatic rings. The van der Waals surface area contributed by atoms with E-state index in [0.29, 0.717) is 12.3 Å². The average Bonchev–Trinajstić information content (AvgIpc) is 2.73. The van der Waals surface area contributed by atoms with E-state index < -0.39 is 0 Å². The van der Waals surface area contributed by atoms with Gasteiger partial charge in [-0.15, -0.1) is 0 Å². The van der Waals surface area contributed by atoms with Crippen LogP contribution in [0.5, 0.6) is 0 Å². The molecule has 116 valence electrons. The molecular formula is C14H29N5O. The monoisotopic (exact) mass is 283 g/mol. The highest BCUT2D eigenvalue weighted by Gasteiger charge is 2.32. The second-order valence-electron chi connectivity index (χ2n) is 6.75. The van der Waals surface area contributed by atoms with Gasteiger partial charge in [0.1, 0.15) is 12.2 Å². The van der Waals surface area contributed by atoms with Crippen LogP contribution in [0.25, 0.3) is 0 Å². The van der Waals surface area contributed by atoms with Gasteiger partial charge < -0.3 is 4.74 Å². The quantitative estimate of drug-likeness (QED) is 0.584.